The molecule has 0 spiro atoms. The van der Waals surface area contributed by atoms with E-state index in [0.29, 0.717) is 12.2 Å². The molecular formula is C19H27N3O4. The summed E-state index contributed by atoms with van der Waals surface area (Å²) < 4.78 is 5.93. The molecule has 0 unspecified atom stereocenters. The molecule has 0 aromatic carbocycles. The molecule has 1 aromatic heterocycles. The van der Waals surface area contributed by atoms with Crippen molar-refractivity contribution in [3.8, 4) is 0 Å². The maximum Gasteiger partial charge on any atom is 0.270 e. The summed E-state index contributed by atoms with van der Waals surface area (Å²) >= 11 is 0. The van der Waals surface area contributed by atoms with Gasteiger partial charge in [0, 0.05) is 18.7 Å². The third-order valence-electron chi connectivity index (χ3n) is 5.25. The van der Waals surface area contributed by atoms with Crippen molar-refractivity contribution >= 4 is 11.8 Å². The van der Waals surface area contributed by atoms with Crippen LogP contribution in [0, 0.1) is 5.92 Å². The number of amides is 2. The summed E-state index contributed by atoms with van der Waals surface area (Å²) in [5.41, 5.74) is 0.352. The Morgan fingerprint density at radius 3 is 2.73 bits per heavy atom. The molecule has 1 aliphatic heterocycles. The van der Waals surface area contributed by atoms with E-state index < -0.39 is 6.10 Å². The average Bonchev–Trinajstić information content (AvgIpc) is 2.62. The zero-order chi connectivity index (χ0) is 18.4. The maximum atomic E-state index is 12.2. The molecule has 1 saturated carbocycles. The van der Waals surface area contributed by atoms with Crippen molar-refractivity contribution in [2.75, 3.05) is 13.2 Å². The quantitative estimate of drug-likeness (QED) is 0.673. The summed E-state index contributed by atoms with van der Waals surface area (Å²) in [6.45, 7) is 0.432. The van der Waals surface area contributed by atoms with E-state index in [4.69, 9.17) is 4.74 Å². The lowest BCUT2D eigenvalue weighted by Crippen LogP contribution is -2.51. The molecule has 7 heteroatoms. The second-order valence-corrected chi connectivity index (χ2v) is 7.06. The Hall–Kier alpha value is -1.99. The standard InChI is InChI=1S/C19H27N3O4/c23-12-17-15(22-19(25)16-6-1-2-10-20-16)8-7-14(26-17)9-11-21-18(24)13-4-3-5-13/h1-2,6,10,13-15,17,23H,3-5,7-9,11-12H2,(H,21,24)(H,22,25)/t14-,15+,17-/m0/s1. The number of rotatable bonds is 7. The van der Waals surface area contributed by atoms with E-state index in [1.807, 2.05) is 0 Å². The summed E-state index contributed by atoms with van der Waals surface area (Å²) in [6, 6.07) is 4.93. The van der Waals surface area contributed by atoms with Crippen molar-refractivity contribution < 1.29 is 19.4 Å². The first-order valence-corrected chi connectivity index (χ1v) is 9.43. The van der Waals surface area contributed by atoms with Crippen molar-refractivity contribution in [3.05, 3.63) is 30.1 Å². The van der Waals surface area contributed by atoms with E-state index in [1.165, 1.54) is 0 Å². The highest BCUT2D eigenvalue weighted by molar-refractivity contribution is 5.92. The molecule has 7 nitrogen and oxygen atoms in total. The van der Waals surface area contributed by atoms with Gasteiger partial charge in [0.05, 0.1) is 18.8 Å². The normalized spacial score (nSPS) is 26.0. The molecule has 0 bridgehead atoms. The van der Waals surface area contributed by atoms with Crippen LogP contribution in [0.3, 0.4) is 0 Å². The van der Waals surface area contributed by atoms with Gasteiger partial charge in [-0.15, -0.1) is 0 Å². The second-order valence-electron chi connectivity index (χ2n) is 7.06. The van der Waals surface area contributed by atoms with E-state index in [2.05, 4.69) is 15.6 Å². The monoisotopic (exact) mass is 361 g/mol. The Morgan fingerprint density at radius 2 is 2.08 bits per heavy atom. The molecule has 2 amide bonds. The van der Waals surface area contributed by atoms with Gasteiger partial charge in [0.1, 0.15) is 11.8 Å². The number of nitrogens with zero attached hydrogens (tertiary/aromatic N) is 1. The molecule has 0 radical (unpaired) electrons. The third kappa shape index (κ3) is 4.80. The maximum absolute atomic E-state index is 12.2. The lowest BCUT2D eigenvalue weighted by atomic mass is 9.85. The molecular weight excluding hydrogens is 334 g/mol. The highest BCUT2D eigenvalue weighted by Gasteiger charge is 2.32. The fourth-order valence-corrected chi connectivity index (χ4v) is 3.42. The SMILES string of the molecule is O=C(N[C@@H]1CC[C@@H](CCNC(=O)C2CCC2)O[C@H]1CO)c1ccccn1. The van der Waals surface area contributed by atoms with Crippen LogP contribution in [0.5, 0.6) is 0 Å². The van der Waals surface area contributed by atoms with Crippen LogP contribution in [-0.4, -0.2) is 53.3 Å². The van der Waals surface area contributed by atoms with E-state index in [0.717, 1.165) is 38.5 Å². The van der Waals surface area contributed by atoms with Crippen LogP contribution in [0.1, 0.15) is 49.0 Å². The number of carbonyl (C=O) groups is 2. The van der Waals surface area contributed by atoms with Gasteiger partial charge in [0.25, 0.3) is 5.91 Å². The smallest absolute Gasteiger partial charge is 0.270 e. The lowest BCUT2D eigenvalue weighted by molar-refractivity contribution is -0.127. The molecule has 2 heterocycles. The number of pyridine rings is 1. The molecule has 142 valence electrons. The van der Waals surface area contributed by atoms with Gasteiger partial charge in [-0.1, -0.05) is 12.5 Å². The van der Waals surface area contributed by atoms with Crippen molar-refractivity contribution in [1.82, 2.24) is 15.6 Å². The van der Waals surface area contributed by atoms with Crippen LogP contribution in [0.2, 0.25) is 0 Å². The van der Waals surface area contributed by atoms with E-state index in [1.54, 1.807) is 24.4 Å². The van der Waals surface area contributed by atoms with Crippen molar-refractivity contribution in [2.24, 2.45) is 5.92 Å². The number of carbonyl (C=O) groups excluding carboxylic acids is 2. The predicted molar refractivity (Wildman–Crippen MR) is 95.4 cm³/mol. The summed E-state index contributed by atoms with van der Waals surface area (Å²) in [4.78, 5) is 28.1. The highest BCUT2D eigenvalue weighted by Crippen LogP contribution is 2.26. The third-order valence-corrected chi connectivity index (χ3v) is 5.25. The van der Waals surface area contributed by atoms with Crippen LogP contribution >= 0.6 is 0 Å². The molecule has 1 aromatic rings. The number of hydrogen-bond donors (Lipinski definition) is 3. The van der Waals surface area contributed by atoms with Crippen LogP contribution in [0.25, 0.3) is 0 Å². The lowest BCUT2D eigenvalue weighted by Gasteiger charge is -2.36. The van der Waals surface area contributed by atoms with Gasteiger partial charge in [-0.05, 0) is 44.2 Å². The summed E-state index contributed by atoms with van der Waals surface area (Å²) in [5.74, 6) is 0.0776. The topological polar surface area (TPSA) is 101 Å². The molecule has 1 aliphatic carbocycles. The van der Waals surface area contributed by atoms with Crippen molar-refractivity contribution in [2.45, 2.75) is 56.8 Å². The van der Waals surface area contributed by atoms with Gasteiger partial charge < -0.3 is 20.5 Å². The summed E-state index contributed by atoms with van der Waals surface area (Å²) in [6.07, 6.45) is 6.48. The fraction of sp³-hybridized carbons (Fsp3) is 0.632. The molecule has 26 heavy (non-hydrogen) atoms. The predicted octanol–water partition coefficient (Wildman–Crippen LogP) is 1.03. The highest BCUT2D eigenvalue weighted by atomic mass is 16.5. The minimum atomic E-state index is -0.441. The zero-order valence-electron chi connectivity index (χ0n) is 14.9. The second kappa shape index (κ2) is 9.09. The van der Waals surface area contributed by atoms with Crippen LogP contribution < -0.4 is 10.6 Å². The fourth-order valence-electron chi connectivity index (χ4n) is 3.42. The van der Waals surface area contributed by atoms with E-state index in [9.17, 15) is 14.7 Å². The van der Waals surface area contributed by atoms with Gasteiger partial charge in [-0.3, -0.25) is 14.6 Å². The van der Waals surface area contributed by atoms with Gasteiger partial charge in [-0.2, -0.15) is 0 Å². The number of aliphatic hydroxyl groups is 1. The minimum absolute atomic E-state index is 0.0168. The zero-order valence-corrected chi connectivity index (χ0v) is 14.9. The minimum Gasteiger partial charge on any atom is -0.394 e. The van der Waals surface area contributed by atoms with Crippen LogP contribution in [-0.2, 0) is 9.53 Å². The Bertz CT molecular complexity index is 606. The average molecular weight is 361 g/mol. The Morgan fingerprint density at radius 1 is 1.23 bits per heavy atom. The first-order valence-electron chi connectivity index (χ1n) is 9.43. The van der Waals surface area contributed by atoms with Crippen LogP contribution in [0.4, 0.5) is 0 Å². The van der Waals surface area contributed by atoms with Gasteiger partial charge in [-0.25, -0.2) is 0 Å². The molecule has 2 aliphatic rings. The Labute approximate surface area is 153 Å². The van der Waals surface area contributed by atoms with Crippen LogP contribution in [0.15, 0.2) is 24.4 Å². The Balaban J connectivity index is 1.43. The van der Waals surface area contributed by atoms with Crippen molar-refractivity contribution in [3.63, 3.8) is 0 Å². The number of nitrogens with one attached hydrogen (secondary N) is 2. The number of hydrogen-bond acceptors (Lipinski definition) is 5. The molecule has 3 rings (SSSR count). The van der Waals surface area contributed by atoms with Gasteiger partial charge in [0.2, 0.25) is 5.91 Å². The number of aromatic nitrogens is 1. The van der Waals surface area contributed by atoms with Gasteiger partial charge in [0.15, 0.2) is 0 Å². The first-order chi connectivity index (χ1) is 12.7. The van der Waals surface area contributed by atoms with Crippen molar-refractivity contribution in [1.29, 1.82) is 0 Å². The van der Waals surface area contributed by atoms with E-state index >= 15 is 0 Å². The largest absolute Gasteiger partial charge is 0.394 e. The molecule has 2 fully saturated rings. The Kier molecular flexibility index (Phi) is 6.57. The van der Waals surface area contributed by atoms with Gasteiger partial charge >= 0.3 is 0 Å². The first kappa shape index (κ1) is 18.8. The summed E-state index contributed by atoms with van der Waals surface area (Å²) in [7, 11) is 0. The number of ether oxygens (including phenoxy) is 1. The number of aliphatic hydroxyl groups excluding tert-OH is 1. The molecule has 3 atom stereocenters. The van der Waals surface area contributed by atoms with E-state index in [-0.39, 0.29) is 36.5 Å². The molecule has 1 saturated heterocycles. The summed E-state index contributed by atoms with van der Waals surface area (Å²) in [5, 5.41) is 15.5. The molecule has 3 N–H and O–H groups in total.